The number of Topliss-reactive ketones (excluding diaryl/α,β-unsaturated/α-hetero) is 2. The highest BCUT2D eigenvalue weighted by Gasteiger charge is 2.39. The zero-order valence-corrected chi connectivity index (χ0v) is 31.0. The van der Waals surface area contributed by atoms with Crippen molar-refractivity contribution in [2.24, 2.45) is 5.92 Å². The molecule has 3 aliphatic heterocycles. The van der Waals surface area contributed by atoms with Gasteiger partial charge in [-0.1, -0.05) is 48.5 Å². The molecule has 1 unspecified atom stereocenters. The Morgan fingerprint density at radius 2 is 1.39 bits per heavy atom. The first kappa shape index (κ1) is 34.8. The lowest BCUT2D eigenvalue weighted by Gasteiger charge is -2.40. The van der Waals surface area contributed by atoms with E-state index < -0.39 is 6.04 Å². The van der Waals surface area contributed by atoms with Crippen molar-refractivity contribution in [3.05, 3.63) is 124 Å². The predicted octanol–water partition coefficient (Wildman–Crippen LogP) is 6.94. The van der Waals surface area contributed by atoms with Crippen molar-refractivity contribution in [2.45, 2.75) is 69.4 Å². The Kier molecular flexibility index (Phi) is 9.48. The van der Waals surface area contributed by atoms with E-state index in [2.05, 4.69) is 87.5 Å². The van der Waals surface area contributed by atoms with Crippen molar-refractivity contribution in [3.8, 4) is 5.75 Å². The Labute approximate surface area is 318 Å². The van der Waals surface area contributed by atoms with Gasteiger partial charge in [0.15, 0.2) is 5.78 Å². The average Bonchev–Trinajstić information content (AvgIpc) is 3.53. The topological polar surface area (TPSA) is 84.4 Å². The molecule has 5 aliphatic rings. The zero-order valence-electron chi connectivity index (χ0n) is 31.0. The number of amides is 1. The number of phenols is 1. The van der Waals surface area contributed by atoms with Gasteiger partial charge in [0.25, 0.3) is 5.91 Å². The van der Waals surface area contributed by atoms with Crippen LogP contribution in [0, 0.1) is 5.92 Å². The first-order chi connectivity index (χ1) is 26.4. The van der Waals surface area contributed by atoms with E-state index in [0.29, 0.717) is 42.5 Å². The summed E-state index contributed by atoms with van der Waals surface area (Å²) in [6.45, 7) is 7.73. The maximum atomic E-state index is 13.2. The van der Waals surface area contributed by atoms with E-state index in [0.717, 1.165) is 69.9 Å². The van der Waals surface area contributed by atoms with Crippen LogP contribution in [0.2, 0.25) is 0 Å². The van der Waals surface area contributed by atoms with E-state index in [-0.39, 0.29) is 29.8 Å². The quantitative estimate of drug-likeness (QED) is 0.207. The monoisotopic (exact) mass is 722 g/mol. The number of rotatable bonds is 7. The SMILES string of the molecule is O=C1CCC(N2Cc3cc(N4CCN(CC5CCN(c6ccc([C@H]7c8ccc(O)cc8CC[C@H]7c7ccccc7)cc6)CC5)CC4)ccc3C2=O)C(=O)C1. The molecule has 4 aromatic rings. The highest BCUT2D eigenvalue weighted by molar-refractivity contribution is 6.07. The molecule has 0 aromatic heterocycles. The van der Waals surface area contributed by atoms with Gasteiger partial charge >= 0.3 is 0 Å². The molecule has 3 atom stereocenters. The summed E-state index contributed by atoms with van der Waals surface area (Å²) in [5.74, 6) is 1.51. The molecule has 4 aromatic carbocycles. The molecule has 54 heavy (non-hydrogen) atoms. The lowest BCUT2D eigenvalue weighted by Crippen LogP contribution is -2.49. The van der Waals surface area contributed by atoms with Gasteiger partial charge in [-0.15, -0.1) is 0 Å². The molecule has 8 heteroatoms. The molecule has 2 saturated heterocycles. The number of fused-ring (bicyclic) bond motifs is 2. The first-order valence-corrected chi connectivity index (χ1v) is 20.0. The molecule has 1 amide bonds. The number of phenolic OH excluding ortho intramolecular Hbond substituents is 1. The Bertz CT molecular complexity index is 2030. The molecular weight excluding hydrogens is 673 g/mol. The molecule has 2 aliphatic carbocycles. The minimum absolute atomic E-state index is 0.0167. The minimum atomic E-state index is -0.474. The third-order valence-electron chi connectivity index (χ3n) is 13.0. The number of benzene rings is 4. The van der Waals surface area contributed by atoms with E-state index in [4.69, 9.17) is 0 Å². The Morgan fingerprint density at radius 3 is 2.15 bits per heavy atom. The van der Waals surface area contributed by atoms with Gasteiger partial charge in [0, 0.05) is 81.6 Å². The van der Waals surface area contributed by atoms with Crippen LogP contribution >= 0.6 is 0 Å². The molecule has 1 N–H and O–H groups in total. The van der Waals surface area contributed by atoms with Crippen molar-refractivity contribution < 1.29 is 19.5 Å². The highest BCUT2D eigenvalue weighted by Crippen LogP contribution is 2.47. The second-order valence-corrected chi connectivity index (χ2v) is 16.2. The number of anilines is 2. The van der Waals surface area contributed by atoms with E-state index in [9.17, 15) is 19.5 Å². The molecular formula is C46H50N4O4. The molecule has 278 valence electrons. The molecule has 8 nitrogen and oxygen atoms in total. The second kappa shape index (κ2) is 14.7. The number of piperidine rings is 1. The molecule has 0 bridgehead atoms. The molecule has 0 radical (unpaired) electrons. The van der Waals surface area contributed by atoms with Crippen LogP contribution in [0.15, 0.2) is 91.0 Å². The molecule has 9 rings (SSSR count). The minimum Gasteiger partial charge on any atom is -0.508 e. The fraction of sp³-hybridized carbons (Fsp3) is 0.413. The Balaban J connectivity index is 0.780. The summed E-state index contributed by atoms with van der Waals surface area (Å²) >= 11 is 0. The second-order valence-electron chi connectivity index (χ2n) is 16.2. The summed E-state index contributed by atoms with van der Waals surface area (Å²) in [4.78, 5) is 46.8. The maximum Gasteiger partial charge on any atom is 0.255 e. The van der Waals surface area contributed by atoms with Gasteiger partial charge in [0.1, 0.15) is 11.5 Å². The fourth-order valence-electron chi connectivity index (χ4n) is 10.1. The standard InChI is InChI=1S/C46H50N4O4/c51-38-12-16-41-34(27-38)8-14-40(32-4-2-1-3-5-32)45(41)33-6-9-36(10-7-33)48-20-18-31(19-21-48)29-47-22-24-49(25-23-47)37-11-15-42-35(26-37)30-50(46(42)54)43-17-13-39(52)28-44(43)53/h1-7,9-12,15-16,26-27,31,40,43,45,51H,8,13-14,17-25,28-30H2/t40-,43?,45+/m0/s1. The number of carbonyl (C=O) groups is 3. The molecule has 3 heterocycles. The van der Waals surface area contributed by atoms with E-state index in [1.807, 2.05) is 18.2 Å². The summed E-state index contributed by atoms with van der Waals surface area (Å²) in [6.07, 6.45) is 5.22. The van der Waals surface area contributed by atoms with Crippen molar-refractivity contribution in [2.75, 3.05) is 55.6 Å². The van der Waals surface area contributed by atoms with Crippen molar-refractivity contribution in [1.29, 1.82) is 0 Å². The molecule has 3 fully saturated rings. The molecule has 1 saturated carbocycles. The normalized spacial score (nSPS) is 23.8. The third kappa shape index (κ3) is 6.81. The van der Waals surface area contributed by atoms with Crippen molar-refractivity contribution in [1.82, 2.24) is 9.80 Å². The van der Waals surface area contributed by atoms with Crippen LogP contribution in [0.3, 0.4) is 0 Å². The number of aromatic hydroxyl groups is 1. The summed E-state index contributed by atoms with van der Waals surface area (Å²) < 4.78 is 0. The van der Waals surface area contributed by atoms with Gasteiger partial charge in [-0.25, -0.2) is 0 Å². The van der Waals surface area contributed by atoms with Gasteiger partial charge < -0.3 is 19.8 Å². The highest BCUT2D eigenvalue weighted by atomic mass is 16.3. The van der Waals surface area contributed by atoms with E-state index in [1.165, 1.54) is 40.8 Å². The van der Waals surface area contributed by atoms with Crippen LogP contribution in [0.5, 0.6) is 5.75 Å². The summed E-state index contributed by atoms with van der Waals surface area (Å²) in [5.41, 5.74) is 9.48. The van der Waals surface area contributed by atoms with Crippen LogP contribution in [0.4, 0.5) is 11.4 Å². The number of hydrogen-bond acceptors (Lipinski definition) is 7. The molecule has 0 spiro atoms. The van der Waals surface area contributed by atoms with Gasteiger partial charge in [-0.3, -0.25) is 19.3 Å². The van der Waals surface area contributed by atoms with Crippen molar-refractivity contribution in [3.63, 3.8) is 0 Å². The zero-order chi connectivity index (χ0) is 36.8. The number of nitrogens with zero attached hydrogens (tertiary/aromatic N) is 4. The van der Waals surface area contributed by atoms with Gasteiger partial charge in [0.05, 0.1) is 12.5 Å². The van der Waals surface area contributed by atoms with Gasteiger partial charge in [-0.2, -0.15) is 0 Å². The number of ketones is 2. The van der Waals surface area contributed by atoms with Gasteiger partial charge in [0.2, 0.25) is 0 Å². The number of piperazine rings is 1. The Morgan fingerprint density at radius 1 is 0.648 bits per heavy atom. The average molecular weight is 723 g/mol. The lowest BCUT2D eigenvalue weighted by molar-refractivity contribution is -0.133. The maximum absolute atomic E-state index is 13.2. The fourth-order valence-corrected chi connectivity index (χ4v) is 10.1. The predicted molar refractivity (Wildman–Crippen MR) is 211 cm³/mol. The van der Waals surface area contributed by atoms with Crippen LogP contribution in [0.25, 0.3) is 0 Å². The number of aryl methyl sites for hydroxylation is 1. The summed E-state index contributed by atoms with van der Waals surface area (Å²) in [6, 6.07) is 31.9. The first-order valence-electron chi connectivity index (χ1n) is 20.0. The number of carbonyl (C=O) groups excluding carboxylic acids is 3. The smallest absolute Gasteiger partial charge is 0.255 e. The van der Waals surface area contributed by atoms with E-state index in [1.54, 1.807) is 4.90 Å². The Hall–Kier alpha value is -4.95. The number of hydrogen-bond donors (Lipinski definition) is 1. The summed E-state index contributed by atoms with van der Waals surface area (Å²) in [5, 5.41) is 10.2. The largest absolute Gasteiger partial charge is 0.508 e. The van der Waals surface area contributed by atoms with Crippen LogP contribution in [-0.4, -0.2) is 84.2 Å². The lowest BCUT2D eigenvalue weighted by atomic mass is 9.69. The van der Waals surface area contributed by atoms with Gasteiger partial charge in [-0.05, 0) is 114 Å². The third-order valence-corrected chi connectivity index (χ3v) is 13.0. The van der Waals surface area contributed by atoms with Crippen molar-refractivity contribution >= 4 is 28.8 Å². The van der Waals surface area contributed by atoms with Crippen LogP contribution in [0.1, 0.15) is 88.5 Å². The van der Waals surface area contributed by atoms with Crippen LogP contribution < -0.4 is 9.80 Å². The van der Waals surface area contributed by atoms with Crippen LogP contribution in [-0.2, 0) is 22.6 Å². The van der Waals surface area contributed by atoms with E-state index >= 15 is 0 Å². The summed E-state index contributed by atoms with van der Waals surface area (Å²) in [7, 11) is 0.